The number of ether oxygens (including phenoxy) is 1. The molecular weight excluding hydrogens is 348 g/mol. The van der Waals surface area contributed by atoms with Crippen molar-refractivity contribution in [2.24, 2.45) is 0 Å². The molecule has 1 aromatic heterocycles. The van der Waals surface area contributed by atoms with Gasteiger partial charge in [-0.2, -0.15) is 0 Å². The zero-order chi connectivity index (χ0) is 18.7. The second-order valence-electron chi connectivity index (χ2n) is 6.09. The van der Waals surface area contributed by atoms with Gasteiger partial charge in [0.1, 0.15) is 10.6 Å². The minimum Gasteiger partial charge on any atom is -0.495 e. The lowest BCUT2D eigenvalue weighted by molar-refractivity contribution is 0.402. The molecule has 0 aliphatic carbocycles. The van der Waals surface area contributed by atoms with Crippen LogP contribution in [-0.2, 0) is 16.6 Å². The fourth-order valence-electron chi connectivity index (χ4n) is 2.94. The fraction of sp³-hybridized carbons (Fsp3) is 0.200. The molecule has 0 fully saturated rings. The number of benzene rings is 2. The van der Waals surface area contributed by atoms with Crippen LogP contribution in [-0.4, -0.2) is 20.1 Å². The number of aryl methyl sites for hydroxylation is 2. The molecule has 3 aromatic rings. The summed E-state index contributed by atoms with van der Waals surface area (Å²) < 4.78 is 35.0. The average Bonchev–Trinajstić information content (AvgIpc) is 2.99. The molecule has 0 radical (unpaired) electrons. The molecule has 0 atom stereocenters. The van der Waals surface area contributed by atoms with Crippen LogP contribution in [0.4, 0.5) is 0 Å². The van der Waals surface area contributed by atoms with Crippen LogP contribution in [0.2, 0.25) is 0 Å². The molecule has 1 N–H and O–H groups in total. The minimum absolute atomic E-state index is 0.137. The van der Waals surface area contributed by atoms with E-state index in [0.717, 1.165) is 22.6 Å². The first kappa shape index (κ1) is 18.2. The van der Waals surface area contributed by atoms with Crippen molar-refractivity contribution in [1.82, 2.24) is 9.29 Å². The summed E-state index contributed by atoms with van der Waals surface area (Å²) in [5, 5.41) is 0. The van der Waals surface area contributed by atoms with E-state index >= 15 is 0 Å². The Morgan fingerprint density at radius 1 is 0.923 bits per heavy atom. The first-order valence-corrected chi connectivity index (χ1v) is 9.77. The number of hydrogen-bond donors (Lipinski definition) is 1. The lowest BCUT2D eigenvalue weighted by Gasteiger charge is -2.12. The van der Waals surface area contributed by atoms with Crippen molar-refractivity contribution < 1.29 is 13.2 Å². The Labute approximate surface area is 154 Å². The molecule has 2 aromatic carbocycles. The Morgan fingerprint density at radius 3 is 2.15 bits per heavy atom. The summed E-state index contributed by atoms with van der Waals surface area (Å²) in [5.41, 5.74) is 4.26. The molecule has 0 bridgehead atoms. The summed E-state index contributed by atoms with van der Waals surface area (Å²) in [7, 11) is -2.19. The Hall–Kier alpha value is -2.57. The highest BCUT2D eigenvalue weighted by Gasteiger charge is 2.18. The fourth-order valence-corrected chi connectivity index (χ4v) is 4.12. The van der Waals surface area contributed by atoms with E-state index in [0.29, 0.717) is 5.75 Å². The van der Waals surface area contributed by atoms with Gasteiger partial charge in [0.05, 0.1) is 7.11 Å². The molecule has 5 nitrogen and oxygen atoms in total. The number of para-hydroxylation sites is 1. The van der Waals surface area contributed by atoms with Crippen molar-refractivity contribution in [2.75, 3.05) is 7.11 Å². The second kappa shape index (κ2) is 7.35. The molecule has 6 heteroatoms. The predicted molar refractivity (Wildman–Crippen MR) is 102 cm³/mol. The zero-order valence-corrected chi connectivity index (χ0v) is 15.9. The van der Waals surface area contributed by atoms with E-state index in [9.17, 15) is 8.42 Å². The highest BCUT2D eigenvalue weighted by atomic mass is 32.2. The Morgan fingerprint density at radius 2 is 1.54 bits per heavy atom. The van der Waals surface area contributed by atoms with E-state index in [-0.39, 0.29) is 11.4 Å². The number of rotatable bonds is 6. The summed E-state index contributed by atoms with van der Waals surface area (Å²) in [6.07, 6.45) is 0. The van der Waals surface area contributed by atoms with E-state index in [4.69, 9.17) is 4.74 Å². The SMILES string of the molecule is COc1ccccc1S(=O)(=O)NCc1ccc(-n2c(C)ccc2C)cc1. The molecule has 3 rings (SSSR count). The largest absolute Gasteiger partial charge is 0.495 e. The van der Waals surface area contributed by atoms with Crippen molar-refractivity contribution in [3.8, 4) is 11.4 Å². The van der Waals surface area contributed by atoms with Gasteiger partial charge in [-0.25, -0.2) is 13.1 Å². The molecule has 1 heterocycles. The number of sulfonamides is 1. The third kappa shape index (κ3) is 3.66. The van der Waals surface area contributed by atoms with Crippen LogP contribution in [0.15, 0.2) is 65.6 Å². The van der Waals surface area contributed by atoms with Gasteiger partial charge in [-0.3, -0.25) is 0 Å². The number of hydrogen-bond acceptors (Lipinski definition) is 3. The third-order valence-corrected chi connectivity index (χ3v) is 5.73. The van der Waals surface area contributed by atoms with E-state index in [2.05, 4.69) is 35.3 Å². The van der Waals surface area contributed by atoms with Crippen LogP contribution >= 0.6 is 0 Å². The molecule has 136 valence electrons. The van der Waals surface area contributed by atoms with Crippen molar-refractivity contribution in [3.05, 3.63) is 77.6 Å². The Kier molecular flexibility index (Phi) is 5.15. The molecule has 0 spiro atoms. The maximum atomic E-state index is 12.5. The third-order valence-electron chi connectivity index (χ3n) is 4.29. The monoisotopic (exact) mass is 370 g/mol. The lowest BCUT2D eigenvalue weighted by atomic mass is 10.2. The summed E-state index contributed by atoms with van der Waals surface area (Å²) in [6.45, 7) is 4.33. The minimum atomic E-state index is -3.65. The molecule has 0 unspecified atom stereocenters. The van der Waals surface area contributed by atoms with Crippen molar-refractivity contribution in [1.29, 1.82) is 0 Å². The van der Waals surface area contributed by atoms with Gasteiger partial charge in [0.2, 0.25) is 10.0 Å². The maximum absolute atomic E-state index is 12.5. The number of nitrogens with zero attached hydrogens (tertiary/aromatic N) is 1. The molecular formula is C20H22N2O3S. The molecule has 0 aliphatic rings. The maximum Gasteiger partial charge on any atom is 0.244 e. The lowest BCUT2D eigenvalue weighted by Crippen LogP contribution is -2.23. The molecule has 26 heavy (non-hydrogen) atoms. The Bertz CT molecular complexity index is 986. The van der Waals surface area contributed by atoms with Crippen molar-refractivity contribution in [3.63, 3.8) is 0 Å². The van der Waals surface area contributed by atoms with Gasteiger partial charge in [-0.15, -0.1) is 0 Å². The number of nitrogens with one attached hydrogen (secondary N) is 1. The smallest absolute Gasteiger partial charge is 0.244 e. The topological polar surface area (TPSA) is 60.3 Å². The van der Waals surface area contributed by atoms with E-state index in [1.807, 2.05) is 24.3 Å². The van der Waals surface area contributed by atoms with Crippen molar-refractivity contribution in [2.45, 2.75) is 25.3 Å². The van der Waals surface area contributed by atoms with Crippen LogP contribution < -0.4 is 9.46 Å². The standard InChI is InChI=1S/C20H22N2O3S/c1-15-8-9-16(2)22(15)18-12-10-17(11-13-18)14-21-26(23,24)20-7-5-4-6-19(20)25-3/h4-13,21H,14H2,1-3H3. The van der Waals surface area contributed by atoms with Gasteiger partial charge in [-0.05, 0) is 55.8 Å². The first-order valence-electron chi connectivity index (χ1n) is 8.29. The summed E-state index contributed by atoms with van der Waals surface area (Å²) >= 11 is 0. The van der Waals surface area contributed by atoms with Crippen LogP contribution in [0.5, 0.6) is 5.75 Å². The summed E-state index contributed by atoms with van der Waals surface area (Å²) in [6, 6.07) is 18.6. The molecule has 0 amide bonds. The van der Waals surface area contributed by atoms with Gasteiger partial charge in [0, 0.05) is 23.6 Å². The highest BCUT2D eigenvalue weighted by molar-refractivity contribution is 7.89. The highest BCUT2D eigenvalue weighted by Crippen LogP contribution is 2.23. The van der Waals surface area contributed by atoms with Gasteiger partial charge in [0.25, 0.3) is 0 Å². The van der Waals surface area contributed by atoms with Gasteiger partial charge < -0.3 is 9.30 Å². The number of aromatic nitrogens is 1. The van der Waals surface area contributed by atoms with Crippen LogP contribution in [0.1, 0.15) is 17.0 Å². The quantitative estimate of drug-likeness (QED) is 0.721. The molecule has 0 saturated carbocycles. The normalized spacial score (nSPS) is 11.5. The van der Waals surface area contributed by atoms with Crippen LogP contribution in [0.3, 0.4) is 0 Å². The van der Waals surface area contributed by atoms with E-state index in [1.54, 1.807) is 18.2 Å². The van der Waals surface area contributed by atoms with Gasteiger partial charge in [0.15, 0.2) is 0 Å². The van der Waals surface area contributed by atoms with E-state index < -0.39 is 10.0 Å². The average molecular weight is 370 g/mol. The van der Waals surface area contributed by atoms with Crippen molar-refractivity contribution >= 4 is 10.0 Å². The summed E-state index contributed by atoms with van der Waals surface area (Å²) in [5.74, 6) is 0.328. The van der Waals surface area contributed by atoms with Gasteiger partial charge in [-0.1, -0.05) is 24.3 Å². The number of methoxy groups -OCH3 is 1. The summed E-state index contributed by atoms with van der Waals surface area (Å²) in [4.78, 5) is 0.137. The Balaban J connectivity index is 1.76. The predicted octanol–water partition coefficient (Wildman–Crippen LogP) is 3.58. The van der Waals surface area contributed by atoms with E-state index in [1.165, 1.54) is 13.2 Å². The van der Waals surface area contributed by atoms with Crippen LogP contribution in [0.25, 0.3) is 5.69 Å². The first-order chi connectivity index (χ1) is 12.4. The van der Waals surface area contributed by atoms with Crippen LogP contribution in [0, 0.1) is 13.8 Å². The zero-order valence-electron chi connectivity index (χ0n) is 15.1. The van der Waals surface area contributed by atoms with Gasteiger partial charge >= 0.3 is 0 Å². The molecule has 0 aliphatic heterocycles. The second-order valence-corrected chi connectivity index (χ2v) is 7.83. The molecule has 0 saturated heterocycles.